The molecule has 4 nitrogen and oxygen atoms in total. The van der Waals surface area contributed by atoms with Crippen LogP contribution in [-0.2, 0) is 11.2 Å². The van der Waals surface area contributed by atoms with Crippen molar-refractivity contribution in [2.75, 3.05) is 0 Å². The highest BCUT2D eigenvalue weighted by Crippen LogP contribution is 2.32. The van der Waals surface area contributed by atoms with Gasteiger partial charge in [0, 0.05) is 17.3 Å². The lowest BCUT2D eigenvalue weighted by Crippen LogP contribution is -2.00. The molecule has 0 saturated heterocycles. The molecule has 102 valence electrons. The molecule has 0 fully saturated rings. The van der Waals surface area contributed by atoms with Crippen LogP contribution in [0.4, 0.5) is 0 Å². The average molecular weight is 286 g/mol. The fraction of sp³-hybridized carbons (Fsp3) is 0.200. The van der Waals surface area contributed by atoms with Crippen molar-refractivity contribution in [3.63, 3.8) is 0 Å². The van der Waals surface area contributed by atoms with Gasteiger partial charge in [0.1, 0.15) is 0 Å². The number of fused-ring (bicyclic) bond motifs is 1. The van der Waals surface area contributed by atoms with Crippen molar-refractivity contribution in [3.8, 4) is 11.3 Å². The number of carboxylic acids is 1. The van der Waals surface area contributed by atoms with Gasteiger partial charge in [-0.25, -0.2) is 4.98 Å². The number of nitrogens with zero attached hydrogens (tertiary/aromatic N) is 2. The van der Waals surface area contributed by atoms with Crippen LogP contribution in [0.25, 0.3) is 16.2 Å². The quantitative estimate of drug-likeness (QED) is 0.803. The van der Waals surface area contributed by atoms with Crippen LogP contribution in [0.5, 0.6) is 0 Å². The summed E-state index contributed by atoms with van der Waals surface area (Å²) in [6.07, 6.45) is 3.64. The predicted molar refractivity (Wildman–Crippen MR) is 79.3 cm³/mol. The maximum atomic E-state index is 11.0. The van der Waals surface area contributed by atoms with E-state index in [1.807, 2.05) is 16.7 Å². The van der Waals surface area contributed by atoms with Gasteiger partial charge in [-0.2, -0.15) is 0 Å². The van der Waals surface area contributed by atoms with E-state index in [-0.39, 0.29) is 6.42 Å². The van der Waals surface area contributed by atoms with E-state index >= 15 is 0 Å². The number of carboxylic acid groups (broad SMARTS) is 1. The van der Waals surface area contributed by atoms with Crippen LogP contribution in [0.3, 0.4) is 0 Å². The van der Waals surface area contributed by atoms with E-state index in [1.54, 1.807) is 6.20 Å². The van der Waals surface area contributed by atoms with Crippen LogP contribution in [0.2, 0.25) is 0 Å². The van der Waals surface area contributed by atoms with E-state index in [0.29, 0.717) is 0 Å². The normalized spacial score (nSPS) is 11.1. The van der Waals surface area contributed by atoms with Crippen molar-refractivity contribution in [1.29, 1.82) is 0 Å². The van der Waals surface area contributed by atoms with Gasteiger partial charge in [0.05, 0.1) is 12.1 Å². The lowest BCUT2D eigenvalue weighted by atomic mass is 10.0. The van der Waals surface area contributed by atoms with E-state index in [0.717, 1.165) is 21.1 Å². The van der Waals surface area contributed by atoms with Gasteiger partial charge in [-0.05, 0) is 36.6 Å². The summed E-state index contributed by atoms with van der Waals surface area (Å²) in [5.41, 5.74) is 4.40. The maximum absolute atomic E-state index is 11.0. The summed E-state index contributed by atoms with van der Waals surface area (Å²) in [6, 6.07) is 6.20. The molecule has 2 aromatic heterocycles. The minimum atomic E-state index is -0.820. The van der Waals surface area contributed by atoms with E-state index < -0.39 is 5.97 Å². The Balaban J connectivity index is 2.23. The van der Waals surface area contributed by atoms with Crippen molar-refractivity contribution in [2.45, 2.75) is 20.3 Å². The summed E-state index contributed by atoms with van der Waals surface area (Å²) in [7, 11) is 0. The lowest BCUT2D eigenvalue weighted by Gasteiger charge is -2.07. The average Bonchev–Trinajstić information content (AvgIpc) is 2.92. The summed E-state index contributed by atoms with van der Waals surface area (Å²) in [6.45, 7) is 4.13. The van der Waals surface area contributed by atoms with Gasteiger partial charge in [0.15, 0.2) is 4.96 Å². The summed E-state index contributed by atoms with van der Waals surface area (Å²) in [5, 5.41) is 9.08. The van der Waals surface area contributed by atoms with Crippen molar-refractivity contribution in [1.82, 2.24) is 9.38 Å². The molecule has 0 aliphatic carbocycles. The number of aryl methyl sites for hydroxylation is 2. The number of rotatable bonds is 3. The molecule has 0 aliphatic rings. The van der Waals surface area contributed by atoms with Crippen molar-refractivity contribution in [2.24, 2.45) is 0 Å². The van der Waals surface area contributed by atoms with Crippen LogP contribution < -0.4 is 0 Å². The first kappa shape index (κ1) is 12.9. The summed E-state index contributed by atoms with van der Waals surface area (Å²) in [5.74, 6) is -0.820. The van der Waals surface area contributed by atoms with Gasteiger partial charge in [0.25, 0.3) is 0 Å². The van der Waals surface area contributed by atoms with Gasteiger partial charge < -0.3 is 5.11 Å². The zero-order valence-electron chi connectivity index (χ0n) is 11.3. The van der Waals surface area contributed by atoms with Crippen LogP contribution in [-0.4, -0.2) is 20.5 Å². The van der Waals surface area contributed by atoms with Crippen molar-refractivity contribution in [3.05, 3.63) is 46.6 Å². The molecule has 3 rings (SSSR count). The topological polar surface area (TPSA) is 54.6 Å². The number of carbonyl (C=O) groups is 1. The maximum Gasteiger partial charge on any atom is 0.308 e. The second kappa shape index (κ2) is 4.76. The molecule has 20 heavy (non-hydrogen) atoms. The molecule has 0 aliphatic heterocycles. The van der Waals surface area contributed by atoms with E-state index in [9.17, 15) is 4.79 Å². The Hall–Kier alpha value is -2.14. The molecule has 2 heterocycles. The highest BCUT2D eigenvalue weighted by molar-refractivity contribution is 7.17. The summed E-state index contributed by atoms with van der Waals surface area (Å²) >= 11 is 1.43. The van der Waals surface area contributed by atoms with E-state index in [2.05, 4.69) is 31.0 Å². The van der Waals surface area contributed by atoms with Gasteiger partial charge in [-0.15, -0.1) is 11.3 Å². The number of aliphatic carboxylic acids is 1. The molecule has 1 aromatic carbocycles. The zero-order valence-corrected chi connectivity index (χ0v) is 12.1. The first-order valence-corrected chi connectivity index (χ1v) is 7.12. The second-order valence-electron chi connectivity index (χ2n) is 4.82. The number of thiazole rings is 1. The molecule has 0 amide bonds. The highest BCUT2D eigenvalue weighted by Gasteiger charge is 2.17. The SMILES string of the molecule is Cc1ccc(-c2c(CC(=O)O)sc3nccn23)cc1C. The van der Waals surface area contributed by atoms with Crippen LogP contribution >= 0.6 is 11.3 Å². The molecule has 1 N–H and O–H groups in total. The van der Waals surface area contributed by atoms with Crippen molar-refractivity contribution >= 4 is 22.3 Å². The molecule has 3 aromatic rings. The lowest BCUT2D eigenvalue weighted by molar-refractivity contribution is -0.136. The number of imidazole rings is 1. The largest absolute Gasteiger partial charge is 0.481 e. The van der Waals surface area contributed by atoms with Gasteiger partial charge in [-0.1, -0.05) is 12.1 Å². The van der Waals surface area contributed by atoms with Gasteiger partial charge in [0.2, 0.25) is 0 Å². The Kier molecular flexibility index (Phi) is 3.06. The third-order valence-corrected chi connectivity index (χ3v) is 4.49. The minimum Gasteiger partial charge on any atom is -0.481 e. The number of hydrogen-bond acceptors (Lipinski definition) is 3. The molecule has 0 atom stereocenters. The standard InChI is InChI=1S/C15H14N2O2S/c1-9-3-4-11(7-10(9)2)14-12(8-13(18)19)20-15-16-5-6-17(14)15/h3-7H,8H2,1-2H3,(H,18,19). The molecule has 0 saturated carbocycles. The Morgan fingerprint density at radius 1 is 1.35 bits per heavy atom. The first-order valence-electron chi connectivity index (χ1n) is 6.30. The summed E-state index contributed by atoms with van der Waals surface area (Å²) < 4.78 is 1.97. The third-order valence-electron chi connectivity index (χ3n) is 3.42. The number of benzene rings is 1. The van der Waals surface area contributed by atoms with Crippen molar-refractivity contribution < 1.29 is 9.90 Å². The zero-order chi connectivity index (χ0) is 14.3. The Morgan fingerprint density at radius 2 is 2.15 bits per heavy atom. The van der Waals surface area contributed by atoms with Gasteiger partial charge in [-0.3, -0.25) is 9.20 Å². The minimum absolute atomic E-state index is 0.0241. The summed E-state index contributed by atoms with van der Waals surface area (Å²) in [4.78, 5) is 17.0. The third kappa shape index (κ3) is 2.10. The smallest absolute Gasteiger partial charge is 0.308 e. The molecule has 0 radical (unpaired) electrons. The monoisotopic (exact) mass is 286 g/mol. The highest BCUT2D eigenvalue weighted by atomic mass is 32.1. The van der Waals surface area contributed by atoms with Crippen LogP contribution in [0.1, 0.15) is 16.0 Å². The van der Waals surface area contributed by atoms with Crippen LogP contribution in [0.15, 0.2) is 30.6 Å². The molecule has 0 bridgehead atoms. The molecular formula is C15H14N2O2S. The predicted octanol–water partition coefficient (Wildman–Crippen LogP) is 3.31. The number of aromatic nitrogens is 2. The second-order valence-corrected chi connectivity index (χ2v) is 5.89. The number of hydrogen-bond donors (Lipinski definition) is 1. The van der Waals surface area contributed by atoms with E-state index in [4.69, 9.17) is 5.11 Å². The first-order chi connectivity index (χ1) is 9.56. The Morgan fingerprint density at radius 3 is 2.85 bits per heavy atom. The molecule has 5 heteroatoms. The van der Waals surface area contributed by atoms with Gasteiger partial charge >= 0.3 is 5.97 Å². The fourth-order valence-electron chi connectivity index (χ4n) is 2.27. The molecular weight excluding hydrogens is 272 g/mol. The molecule has 0 spiro atoms. The van der Waals surface area contributed by atoms with Crippen LogP contribution in [0, 0.1) is 13.8 Å². The fourth-order valence-corrected chi connectivity index (χ4v) is 3.37. The Bertz CT molecular complexity index is 801. The van der Waals surface area contributed by atoms with E-state index in [1.165, 1.54) is 22.5 Å². The molecule has 0 unspecified atom stereocenters. The Labute approximate surface area is 120 Å².